The lowest BCUT2D eigenvalue weighted by molar-refractivity contribution is -0.139. The third-order valence-electron chi connectivity index (χ3n) is 5.98. The molecule has 7 nitrogen and oxygen atoms in total. The van der Waals surface area contributed by atoms with Gasteiger partial charge in [-0.2, -0.15) is 0 Å². The molecule has 2 aromatic carbocycles. The van der Waals surface area contributed by atoms with Crippen LogP contribution in [0.25, 0.3) is 0 Å². The molecule has 35 heavy (non-hydrogen) atoms. The fourth-order valence-corrected chi connectivity index (χ4v) is 4.82. The van der Waals surface area contributed by atoms with E-state index in [-0.39, 0.29) is 18.5 Å². The summed E-state index contributed by atoms with van der Waals surface area (Å²) >= 11 is 3.43. The lowest BCUT2D eigenvalue weighted by atomic mass is 10.1. The van der Waals surface area contributed by atoms with Gasteiger partial charge in [0.1, 0.15) is 12.6 Å². The first-order valence-electron chi connectivity index (χ1n) is 11.9. The van der Waals surface area contributed by atoms with Gasteiger partial charge in [-0.25, -0.2) is 8.42 Å². The average molecular weight is 567 g/mol. The van der Waals surface area contributed by atoms with Gasteiger partial charge >= 0.3 is 0 Å². The predicted octanol–water partition coefficient (Wildman–Crippen LogP) is 4.29. The van der Waals surface area contributed by atoms with E-state index in [2.05, 4.69) is 21.2 Å². The third kappa shape index (κ3) is 8.35. The van der Waals surface area contributed by atoms with E-state index in [1.54, 1.807) is 18.2 Å². The number of nitrogens with zero attached hydrogens (tertiary/aromatic N) is 2. The number of carbonyl (C=O) groups is 2. The maximum absolute atomic E-state index is 13.6. The van der Waals surface area contributed by atoms with Crippen molar-refractivity contribution in [3.63, 3.8) is 0 Å². The van der Waals surface area contributed by atoms with E-state index >= 15 is 0 Å². The highest BCUT2D eigenvalue weighted by molar-refractivity contribution is 9.10. The minimum absolute atomic E-state index is 0.0270. The monoisotopic (exact) mass is 565 g/mol. The average Bonchev–Trinajstić information content (AvgIpc) is 2.81. The molecule has 0 aliphatic rings. The van der Waals surface area contributed by atoms with Crippen molar-refractivity contribution >= 4 is 43.5 Å². The second kappa shape index (κ2) is 13.1. The summed E-state index contributed by atoms with van der Waals surface area (Å²) < 4.78 is 27.3. The van der Waals surface area contributed by atoms with E-state index in [9.17, 15) is 18.0 Å². The summed E-state index contributed by atoms with van der Waals surface area (Å²) in [5, 5.41) is 2.97. The normalized spacial score (nSPS) is 13.1. The molecule has 0 radical (unpaired) electrons. The van der Waals surface area contributed by atoms with Crippen LogP contribution in [-0.4, -0.2) is 56.6 Å². The highest BCUT2D eigenvalue weighted by atomic mass is 79.9. The molecule has 192 valence electrons. The zero-order chi connectivity index (χ0) is 26.2. The molecule has 0 spiro atoms. The number of rotatable bonds is 12. The van der Waals surface area contributed by atoms with Crippen molar-refractivity contribution in [2.24, 2.45) is 0 Å². The summed E-state index contributed by atoms with van der Waals surface area (Å²) in [7, 11) is -3.75. The van der Waals surface area contributed by atoms with Crippen LogP contribution in [0.4, 0.5) is 5.69 Å². The fraction of sp³-hybridized carbons (Fsp3) is 0.462. The van der Waals surface area contributed by atoms with E-state index in [1.807, 2.05) is 58.0 Å². The van der Waals surface area contributed by atoms with Crippen LogP contribution in [0.2, 0.25) is 0 Å². The lowest BCUT2D eigenvalue weighted by Gasteiger charge is -2.33. The van der Waals surface area contributed by atoms with E-state index in [1.165, 1.54) is 4.90 Å². The summed E-state index contributed by atoms with van der Waals surface area (Å²) in [6.07, 6.45) is 2.82. The van der Waals surface area contributed by atoms with Gasteiger partial charge in [0, 0.05) is 17.1 Å². The van der Waals surface area contributed by atoms with Crippen molar-refractivity contribution in [1.82, 2.24) is 10.2 Å². The first-order valence-corrected chi connectivity index (χ1v) is 14.5. The van der Waals surface area contributed by atoms with Gasteiger partial charge in [-0.15, -0.1) is 0 Å². The van der Waals surface area contributed by atoms with Gasteiger partial charge in [-0.05, 0) is 62.4 Å². The number of benzene rings is 2. The molecule has 0 aliphatic carbocycles. The van der Waals surface area contributed by atoms with Crippen molar-refractivity contribution in [3.05, 3.63) is 64.1 Å². The number of nitrogens with one attached hydrogen (secondary N) is 1. The largest absolute Gasteiger partial charge is 0.352 e. The Morgan fingerprint density at radius 3 is 2.26 bits per heavy atom. The van der Waals surface area contributed by atoms with Crippen LogP contribution >= 0.6 is 15.9 Å². The Kier molecular flexibility index (Phi) is 10.8. The van der Waals surface area contributed by atoms with Gasteiger partial charge < -0.3 is 10.2 Å². The minimum atomic E-state index is -3.75. The number of sulfonamides is 1. The van der Waals surface area contributed by atoms with Crippen LogP contribution < -0.4 is 9.62 Å². The SMILES string of the molecule is CCC(C)NC(=O)C(CC)N(CCc1ccccc1)C(=O)CN(c1ccc(Br)c(C)c1)S(C)(=O)=O. The minimum Gasteiger partial charge on any atom is -0.352 e. The Balaban J connectivity index is 2.38. The van der Waals surface area contributed by atoms with Gasteiger partial charge in [-0.3, -0.25) is 13.9 Å². The summed E-state index contributed by atoms with van der Waals surface area (Å²) in [6.45, 7) is 7.52. The molecule has 2 rings (SSSR count). The molecule has 0 saturated heterocycles. The van der Waals surface area contributed by atoms with Gasteiger partial charge in [-0.1, -0.05) is 60.1 Å². The van der Waals surface area contributed by atoms with Gasteiger partial charge in [0.05, 0.1) is 11.9 Å². The summed E-state index contributed by atoms with van der Waals surface area (Å²) in [5.41, 5.74) is 2.29. The topological polar surface area (TPSA) is 86.8 Å². The number of amides is 2. The Hall–Kier alpha value is -2.39. The first-order chi connectivity index (χ1) is 16.5. The van der Waals surface area contributed by atoms with Crippen LogP contribution in [0.15, 0.2) is 53.0 Å². The van der Waals surface area contributed by atoms with Crippen molar-refractivity contribution < 1.29 is 18.0 Å². The van der Waals surface area contributed by atoms with Gasteiger partial charge in [0.15, 0.2) is 0 Å². The zero-order valence-corrected chi connectivity index (χ0v) is 23.5. The summed E-state index contributed by atoms with van der Waals surface area (Å²) in [6, 6.07) is 14.1. The molecule has 0 fully saturated rings. The number of hydrogen-bond donors (Lipinski definition) is 1. The molecule has 0 saturated carbocycles. The lowest BCUT2D eigenvalue weighted by Crippen LogP contribution is -2.54. The van der Waals surface area contributed by atoms with Gasteiger partial charge in [0.2, 0.25) is 21.8 Å². The molecule has 2 amide bonds. The van der Waals surface area contributed by atoms with Crippen molar-refractivity contribution in [1.29, 1.82) is 0 Å². The quantitative estimate of drug-likeness (QED) is 0.416. The highest BCUT2D eigenvalue weighted by Crippen LogP contribution is 2.25. The van der Waals surface area contributed by atoms with Crippen LogP contribution in [0, 0.1) is 6.92 Å². The molecule has 2 aromatic rings. The number of hydrogen-bond acceptors (Lipinski definition) is 4. The zero-order valence-electron chi connectivity index (χ0n) is 21.1. The van der Waals surface area contributed by atoms with Crippen LogP contribution in [-0.2, 0) is 26.0 Å². The number of aryl methyl sites for hydroxylation is 1. The molecule has 0 aromatic heterocycles. The maximum Gasteiger partial charge on any atom is 0.244 e. The number of carbonyl (C=O) groups excluding carboxylic acids is 2. The number of anilines is 1. The standard InChI is InChI=1S/C26H36BrN3O4S/c1-6-20(4)28-26(32)24(7-2)29(16-15-21-11-9-8-10-12-21)25(31)18-30(35(5,33)34)22-13-14-23(27)19(3)17-22/h8-14,17,20,24H,6-7,15-16,18H2,1-5H3,(H,28,32). The van der Waals surface area contributed by atoms with E-state index in [4.69, 9.17) is 0 Å². The van der Waals surface area contributed by atoms with Crippen molar-refractivity contribution in [2.45, 2.75) is 59.0 Å². The predicted molar refractivity (Wildman–Crippen MR) is 145 cm³/mol. The molecule has 2 atom stereocenters. The number of halogens is 1. The van der Waals surface area contributed by atoms with Crippen molar-refractivity contribution in [2.75, 3.05) is 23.7 Å². The molecule has 1 N–H and O–H groups in total. The van der Waals surface area contributed by atoms with Crippen LogP contribution in [0.1, 0.15) is 44.7 Å². The third-order valence-corrected chi connectivity index (χ3v) is 8.01. The Bertz CT molecular complexity index is 1110. The van der Waals surface area contributed by atoms with E-state index in [0.717, 1.165) is 32.6 Å². The molecular formula is C26H36BrN3O4S. The van der Waals surface area contributed by atoms with Gasteiger partial charge in [0.25, 0.3) is 0 Å². The molecule has 0 heterocycles. The Morgan fingerprint density at radius 1 is 1.06 bits per heavy atom. The van der Waals surface area contributed by atoms with Crippen LogP contribution in [0.5, 0.6) is 0 Å². The highest BCUT2D eigenvalue weighted by Gasteiger charge is 2.31. The van der Waals surface area contributed by atoms with Crippen molar-refractivity contribution in [3.8, 4) is 0 Å². The molecular weight excluding hydrogens is 530 g/mol. The molecule has 0 bridgehead atoms. The second-order valence-electron chi connectivity index (χ2n) is 8.77. The first kappa shape index (κ1) is 28.8. The fourth-order valence-electron chi connectivity index (χ4n) is 3.73. The molecule has 2 unspecified atom stereocenters. The molecule has 9 heteroatoms. The Morgan fingerprint density at radius 2 is 1.71 bits per heavy atom. The Labute approximate surface area is 218 Å². The smallest absolute Gasteiger partial charge is 0.244 e. The summed E-state index contributed by atoms with van der Waals surface area (Å²) in [4.78, 5) is 28.3. The summed E-state index contributed by atoms with van der Waals surface area (Å²) in [5.74, 6) is -0.647. The van der Waals surface area contributed by atoms with Crippen LogP contribution in [0.3, 0.4) is 0 Å². The van der Waals surface area contributed by atoms with E-state index in [0.29, 0.717) is 25.1 Å². The second-order valence-corrected chi connectivity index (χ2v) is 11.5. The molecule has 0 aliphatic heterocycles. The maximum atomic E-state index is 13.6. The van der Waals surface area contributed by atoms with E-state index < -0.39 is 22.0 Å².